The van der Waals surface area contributed by atoms with Gasteiger partial charge in [-0.3, -0.25) is 14.2 Å². The first-order valence-electron chi connectivity index (χ1n) is 10.3. The number of halogens is 1. The molecule has 1 N–H and O–H groups in total. The molecule has 8 heteroatoms. The number of nitrogens with one attached hydrogen (secondary N) is 1. The maximum Gasteiger partial charge on any atom is 0.262 e. The summed E-state index contributed by atoms with van der Waals surface area (Å²) in [5.74, 6) is 1.20. The van der Waals surface area contributed by atoms with Gasteiger partial charge in [0.1, 0.15) is 5.76 Å². The summed E-state index contributed by atoms with van der Waals surface area (Å²) in [5, 5.41) is 4.69. The van der Waals surface area contributed by atoms with E-state index in [1.165, 1.54) is 11.8 Å². The quantitative estimate of drug-likeness (QED) is 0.276. The van der Waals surface area contributed by atoms with E-state index in [0.717, 1.165) is 5.56 Å². The molecule has 164 valence electrons. The van der Waals surface area contributed by atoms with Crippen molar-refractivity contribution >= 4 is 40.2 Å². The Hall–Kier alpha value is -3.03. The third kappa shape index (κ3) is 5.41. The molecule has 32 heavy (non-hydrogen) atoms. The van der Waals surface area contributed by atoms with Gasteiger partial charge in [0.05, 0.1) is 23.7 Å². The standard InChI is InChI=1S/C24H22ClN3O3S/c25-20-10-3-1-7-17(20)16-32-24-27-21-11-4-2-9-19(21)23(30)28(24)13-5-12-22(29)26-15-18-8-6-14-31-18/h1-4,6-11,14H,5,12-13,15-16H2,(H,26,29). The summed E-state index contributed by atoms with van der Waals surface area (Å²) in [4.78, 5) is 30.1. The lowest BCUT2D eigenvalue weighted by atomic mass is 10.2. The lowest BCUT2D eigenvalue weighted by Gasteiger charge is -2.13. The number of fused-ring (bicyclic) bond motifs is 1. The van der Waals surface area contributed by atoms with Crippen molar-refractivity contribution in [1.29, 1.82) is 0 Å². The highest BCUT2D eigenvalue weighted by Gasteiger charge is 2.13. The van der Waals surface area contributed by atoms with Crippen LogP contribution in [0.25, 0.3) is 10.9 Å². The molecule has 0 fully saturated rings. The second-order valence-corrected chi connectivity index (χ2v) is 8.56. The number of benzene rings is 2. The Labute approximate surface area is 194 Å². The highest BCUT2D eigenvalue weighted by molar-refractivity contribution is 7.98. The van der Waals surface area contributed by atoms with Crippen LogP contribution < -0.4 is 10.9 Å². The zero-order valence-electron chi connectivity index (χ0n) is 17.3. The van der Waals surface area contributed by atoms with Crippen LogP contribution in [0.5, 0.6) is 0 Å². The van der Waals surface area contributed by atoms with E-state index in [-0.39, 0.29) is 11.5 Å². The summed E-state index contributed by atoms with van der Waals surface area (Å²) < 4.78 is 6.88. The van der Waals surface area contributed by atoms with Crippen LogP contribution in [-0.2, 0) is 23.6 Å². The predicted molar refractivity (Wildman–Crippen MR) is 127 cm³/mol. The zero-order valence-corrected chi connectivity index (χ0v) is 18.9. The molecule has 2 aromatic heterocycles. The first kappa shape index (κ1) is 22.2. The molecular formula is C24H22ClN3O3S. The van der Waals surface area contributed by atoms with E-state index in [0.29, 0.717) is 58.5 Å². The molecule has 0 bridgehead atoms. The first-order chi connectivity index (χ1) is 15.6. The van der Waals surface area contributed by atoms with Gasteiger partial charge in [-0.2, -0.15) is 0 Å². The minimum atomic E-state index is -0.103. The molecule has 0 aliphatic rings. The van der Waals surface area contributed by atoms with Crippen LogP contribution in [0.3, 0.4) is 0 Å². The van der Waals surface area contributed by atoms with Crippen LogP contribution in [0.15, 0.2) is 81.3 Å². The number of aromatic nitrogens is 2. The maximum absolute atomic E-state index is 13.2. The fraction of sp³-hybridized carbons (Fsp3) is 0.208. The van der Waals surface area contributed by atoms with E-state index in [2.05, 4.69) is 5.32 Å². The van der Waals surface area contributed by atoms with Gasteiger partial charge in [-0.1, -0.05) is 53.7 Å². The van der Waals surface area contributed by atoms with Gasteiger partial charge in [0.15, 0.2) is 5.16 Å². The van der Waals surface area contributed by atoms with Crippen LogP contribution in [0.1, 0.15) is 24.2 Å². The highest BCUT2D eigenvalue weighted by atomic mass is 35.5. The number of furan rings is 1. The molecule has 1 amide bonds. The molecule has 2 heterocycles. The van der Waals surface area contributed by atoms with Crippen LogP contribution >= 0.6 is 23.4 Å². The van der Waals surface area contributed by atoms with Gasteiger partial charge >= 0.3 is 0 Å². The number of carbonyl (C=O) groups is 1. The summed E-state index contributed by atoms with van der Waals surface area (Å²) >= 11 is 7.75. The molecule has 0 radical (unpaired) electrons. The summed E-state index contributed by atoms with van der Waals surface area (Å²) in [5.41, 5.74) is 1.53. The smallest absolute Gasteiger partial charge is 0.262 e. The summed E-state index contributed by atoms with van der Waals surface area (Å²) in [6.45, 7) is 0.748. The number of hydrogen-bond acceptors (Lipinski definition) is 5. The van der Waals surface area contributed by atoms with Gasteiger partial charge in [0, 0.05) is 23.7 Å². The Morgan fingerprint density at radius 2 is 1.91 bits per heavy atom. The number of hydrogen-bond donors (Lipinski definition) is 1. The number of nitrogens with zero attached hydrogens (tertiary/aromatic N) is 2. The molecule has 0 spiro atoms. The van der Waals surface area contributed by atoms with Crippen molar-refractivity contribution in [3.8, 4) is 0 Å². The number of rotatable bonds is 9. The SMILES string of the molecule is O=C(CCCn1c(SCc2ccccc2Cl)nc2ccccc2c1=O)NCc1ccco1. The Morgan fingerprint density at radius 1 is 1.09 bits per heavy atom. The van der Waals surface area contributed by atoms with Gasteiger partial charge in [0.25, 0.3) is 5.56 Å². The molecule has 4 aromatic rings. The molecule has 0 unspecified atom stereocenters. The van der Waals surface area contributed by atoms with Crippen molar-refractivity contribution in [3.63, 3.8) is 0 Å². The second kappa shape index (κ2) is 10.5. The molecule has 0 saturated heterocycles. The van der Waals surface area contributed by atoms with Crippen LogP contribution in [0.2, 0.25) is 5.02 Å². The summed E-state index contributed by atoms with van der Waals surface area (Å²) in [6, 6.07) is 18.5. The van der Waals surface area contributed by atoms with Crippen molar-refractivity contribution in [1.82, 2.24) is 14.9 Å². The van der Waals surface area contributed by atoms with Gasteiger partial charge in [-0.05, 0) is 42.3 Å². The van der Waals surface area contributed by atoms with Gasteiger partial charge in [-0.15, -0.1) is 0 Å². The second-order valence-electron chi connectivity index (χ2n) is 7.21. The number of amides is 1. The molecule has 0 aliphatic heterocycles. The first-order valence-corrected chi connectivity index (χ1v) is 11.6. The Morgan fingerprint density at radius 3 is 2.72 bits per heavy atom. The van der Waals surface area contributed by atoms with Crippen molar-refractivity contribution < 1.29 is 9.21 Å². The molecular weight excluding hydrogens is 446 g/mol. The Balaban J connectivity index is 1.47. The van der Waals surface area contributed by atoms with E-state index in [1.807, 2.05) is 48.5 Å². The van der Waals surface area contributed by atoms with Crippen molar-refractivity contribution in [2.75, 3.05) is 0 Å². The van der Waals surface area contributed by atoms with Gasteiger partial charge in [-0.25, -0.2) is 4.98 Å². The minimum Gasteiger partial charge on any atom is -0.467 e. The topological polar surface area (TPSA) is 77.1 Å². The third-order valence-corrected chi connectivity index (χ3v) is 6.36. The van der Waals surface area contributed by atoms with Gasteiger partial charge in [0.2, 0.25) is 5.91 Å². The lowest BCUT2D eigenvalue weighted by molar-refractivity contribution is -0.121. The van der Waals surface area contributed by atoms with E-state index in [9.17, 15) is 9.59 Å². The molecule has 0 atom stereocenters. The minimum absolute atomic E-state index is 0.0894. The van der Waals surface area contributed by atoms with E-state index >= 15 is 0 Å². The predicted octanol–water partition coefficient (Wildman–Crippen LogP) is 5.03. The monoisotopic (exact) mass is 467 g/mol. The number of para-hydroxylation sites is 1. The summed E-state index contributed by atoms with van der Waals surface area (Å²) in [7, 11) is 0. The Bertz CT molecular complexity index is 1270. The fourth-order valence-electron chi connectivity index (χ4n) is 3.30. The molecule has 0 aliphatic carbocycles. The number of thioether (sulfide) groups is 1. The van der Waals surface area contributed by atoms with E-state index in [1.54, 1.807) is 23.0 Å². The zero-order chi connectivity index (χ0) is 22.3. The highest BCUT2D eigenvalue weighted by Crippen LogP contribution is 2.26. The van der Waals surface area contributed by atoms with Crippen molar-refractivity contribution in [2.45, 2.75) is 36.8 Å². The largest absolute Gasteiger partial charge is 0.467 e. The fourth-order valence-corrected chi connectivity index (χ4v) is 4.61. The van der Waals surface area contributed by atoms with Crippen LogP contribution in [0.4, 0.5) is 0 Å². The van der Waals surface area contributed by atoms with Crippen LogP contribution in [-0.4, -0.2) is 15.5 Å². The van der Waals surface area contributed by atoms with Gasteiger partial charge < -0.3 is 9.73 Å². The number of carbonyl (C=O) groups excluding carboxylic acids is 1. The molecule has 2 aromatic carbocycles. The lowest BCUT2D eigenvalue weighted by Crippen LogP contribution is -2.26. The normalized spacial score (nSPS) is 11.0. The van der Waals surface area contributed by atoms with E-state index in [4.69, 9.17) is 21.0 Å². The third-order valence-electron chi connectivity index (χ3n) is 4.97. The Kier molecular flexibility index (Phi) is 7.29. The van der Waals surface area contributed by atoms with E-state index < -0.39 is 0 Å². The molecule has 6 nitrogen and oxygen atoms in total. The van der Waals surface area contributed by atoms with Crippen molar-refractivity contribution in [2.24, 2.45) is 0 Å². The van der Waals surface area contributed by atoms with Crippen molar-refractivity contribution in [3.05, 3.63) is 93.6 Å². The molecule has 4 rings (SSSR count). The average molecular weight is 468 g/mol. The average Bonchev–Trinajstić information content (AvgIpc) is 3.33. The summed E-state index contributed by atoms with van der Waals surface area (Å²) in [6.07, 6.45) is 2.39. The van der Waals surface area contributed by atoms with Crippen LogP contribution in [0, 0.1) is 0 Å². The maximum atomic E-state index is 13.2. The molecule has 0 saturated carbocycles.